The lowest BCUT2D eigenvalue weighted by Gasteiger charge is -2.35. The van der Waals surface area contributed by atoms with E-state index in [9.17, 15) is 19.8 Å². The average Bonchev–Trinajstić information content (AvgIpc) is 3.35. The first-order valence-corrected chi connectivity index (χ1v) is 14.8. The minimum absolute atomic E-state index is 0.143. The van der Waals surface area contributed by atoms with E-state index in [2.05, 4.69) is 0 Å². The zero-order valence-corrected chi connectivity index (χ0v) is 23.7. The van der Waals surface area contributed by atoms with Crippen molar-refractivity contribution < 1.29 is 19.8 Å². The molecule has 0 aliphatic carbocycles. The molecule has 6 rings (SSSR count). The number of aliphatic hydroxyl groups is 2. The van der Waals surface area contributed by atoms with Crippen LogP contribution in [0.5, 0.6) is 0 Å². The van der Waals surface area contributed by atoms with Crippen molar-refractivity contribution in [1.82, 2.24) is 9.80 Å². The van der Waals surface area contributed by atoms with Crippen molar-refractivity contribution in [3.05, 3.63) is 143 Å². The van der Waals surface area contributed by atoms with Crippen LogP contribution in [0.15, 0.2) is 109 Å². The molecule has 2 atom stereocenters. The van der Waals surface area contributed by atoms with Crippen molar-refractivity contribution in [3.8, 4) is 0 Å². The van der Waals surface area contributed by atoms with Crippen LogP contribution in [0.4, 0.5) is 0 Å². The summed E-state index contributed by atoms with van der Waals surface area (Å²) in [6.45, 7) is 0.867. The van der Waals surface area contributed by atoms with Crippen LogP contribution in [0.25, 0.3) is 0 Å². The van der Waals surface area contributed by atoms with Gasteiger partial charge in [0, 0.05) is 48.2 Å². The molecule has 0 saturated heterocycles. The van der Waals surface area contributed by atoms with Gasteiger partial charge in [-0.15, -0.1) is 0 Å². The van der Waals surface area contributed by atoms with Gasteiger partial charge in [-0.25, -0.2) is 0 Å². The molecule has 0 saturated carbocycles. The maximum Gasteiger partial charge on any atom is 0.256 e. The van der Waals surface area contributed by atoms with Gasteiger partial charge < -0.3 is 20.0 Å². The predicted octanol–water partition coefficient (Wildman–Crippen LogP) is 5.63. The van der Waals surface area contributed by atoms with E-state index in [0.29, 0.717) is 48.2 Å². The monoisotopic (exact) mass is 560 g/mol. The van der Waals surface area contributed by atoms with Gasteiger partial charge in [0.2, 0.25) is 0 Å². The molecule has 4 aromatic carbocycles. The Kier molecular flexibility index (Phi) is 7.67. The van der Waals surface area contributed by atoms with E-state index >= 15 is 0 Å². The molecule has 0 unspecified atom stereocenters. The maximum atomic E-state index is 13.4. The van der Waals surface area contributed by atoms with Gasteiger partial charge in [0.1, 0.15) is 0 Å². The number of carbonyl (C=O) groups excluding carboxylic acids is 2. The largest absolute Gasteiger partial charge is 0.366 e. The normalized spacial score (nSPS) is 21.1. The molecule has 2 aliphatic rings. The molecule has 2 aliphatic heterocycles. The van der Waals surface area contributed by atoms with Crippen molar-refractivity contribution >= 4 is 11.8 Å². The topological polar surface area (TPSA) is 81.1 Å². The van der Waals surface area contributed by atoms with Gasteiger partial charge in [-0.05, 0) is 36.1 Å². The van der Waals surface area contributed by atoms with Crippen LogP contribution in [0.1, 0.15) is 68.7 Å². The highest BCUT2D eigenvalue weighted by Gasteiger charge is 2.49. The summed E-state index contributed by atoms with van der Waals surface area (Å²) in [5.74, 6) is -0.286. The number of rotatable bonds is 11. The summed E-state index contributed by atoms with van der Waals surface area (Å²) in [6, 6.07) is 34.2. The molecular formula is C36H36N2O4. The number of unbranched alkanes of at least 4 members (excludes halogenated alkanes) is 3. The molecule has 2 amide bonds. The van der Waals surface area contributed by atoms with Gasteiger partial charge in [-0.1, -0.05) is 110 Å². The van der Waals surface area contributed by atoms with Gasteiger partial charge in [0.05, 0.1) is 0 Å². The summed E-state index contributed by atoms with van der Waals surface area (Å²) in [5.41, 5.74) is 1.57. The standard InChI is InChI=1S/C36H36N2O4/c39-33-29-19-9-11-21-31(29)35(41,25-27-15-5-3-6-16-27)37(33)23-13-1-2-14-24-38-34(40)30-20-10-12-22-32(30)36(38,42)26-28-17-7-4-8-18-28/h3-12,15-22,41-42H,1-2,13-14,23-26H2/t35-,36-/m0/s1. The van der Waals surface area contributed by atoms with Gasteiger partial charge in [0.25, 0.3) is 11.8 Å². The first-order valence-electron chi connectivity index (χ1n) is 14.8. The Labute approximate surface area is 246 Å². The van der Waals surface area contributed by atoms with Crippen LogP contribution in [-0.4, -0.2) is 44.9 Å². The zero-order valence-electron chi connectivity index (χ0n) is 23.7. The Bertz CT molecular complexity index is 1450. The molecule has 214 valence electrons. The lowest BCUT2D eigenvalue weighted by atomic mass is 9.94. The number of benzene rings is 4. The third kappa shape index (κ3) is 5.02. The molecule has 0 aromatic heterocycles. The molecule has 2 heterocycles. The quantitative estimate of drug-likeness (QED) is 0.233. The number of hydrogen-bond acceptors (Lipinski definition) is 4. The smallest absolute Gasteiger partial charge is 0.256 e. The van der Waals surface area contributed by atoms with Crippen molar-refractivity contribution in [2.24, 2.45) is 0 Å². The molecule has 4 aromatic rings. The molecule has 6 heteroatoms. The molecule has 0 radical (unpaired) electrons. The van der Waals surface area contributed by atoms with Crippen LogP contribution in [0, 0.1) is 0 Å². The van der Waals surface area contributed by atoms with E-state index in [4.69, 9.17) is 0 Å². The second-order valence-electron chi connectivity index (χ2n) is 11.4. The summed E-state index contributed by atoms with van der Waals surface area (Å²) in [4.78, 5) is 29.9. The molecule has 6 nitrogen and oxygen atoms in total. The number of amides is 2. The highest BCUT2D eigenvalue weighted by molar-refractivity contribution is 6.00. The van der Waals surface area contributed by atoms with Crippen molar-refractivity contribution in [2.45, 2.75) is 50.0 Å². The molecule has 0 fully saturated rings. The first kappa shape index (κ1) is 27.9. The second kappa shape index (κ2) is 11.6. The molecular weight excluding hydrogens is 524 g/mol. The van der Waals surface area contributed by atoms with Crippen molar-refractivity contribution in [3.63, 3.8) is 0 Å². The van der Waals surface area contributed by atoms with E-state index in [1.54, 1.807) is 21.9 Å². The Morgan fingerprint density at radius 2 is 0.833 bits per heavy atom. The molecule has 2 N–H and O–H groups in total. The van der Waals surface area contributed by atoms with Crippen molar-refractivity contribution in [2.75, 3.05) is 13.1 Å². The van der Waals surface area contributed by atoms with E-state index in [1.165, 1.54) is 0 Å². The van der Waals surface area contributed by atoms with E-state index in [0.717, 1.165) is 36.8 Å². The highest BCUT2D eigenvalue weighted by Crippen LogP contribution is 2.41. The SMILES string of the molecule is O=C1c2ccccc2[C@@](O)(Cc2ccccc2)N1CCCCCCN1C(=O)c2ccccc2[C@@]1(O)Cc1ccccc1. The zero-order chi connectivity index (χ0) is 29.2. The number of hydrogen-bond donors (Lipinski definition) is 2. The fraction of sp³-hybridized carbons (Fsp3) is 0.278. The Morgan fingerprint density at radius 1 is 0.476 bits per heavy atom. The fourth-order valence-corrected chi connectivity index (χ4v) is 6.56. The van der Waals surface area contributed by atoms with Crippen LogP contribution in [-0.2, 0) is 24.3 Å². The van der Waals surface area contributed by atoms with Gasteiger partial charge >= 0.3 is 0 Å². The number of nitrogens with zero attached hydrogens (tertiary/aromatic N) is 2. The predicted molar refractivity (Wildman–Crippen MR) is 162 cm³/mol. The summed E-state index contributed by atoms with van der Waals surface area (Å²) < 4.78 is 0. The Hall–Kier alpha value is -4.26. The lowest BCUT2D eigenvalue weighted by molar-refractivity contribution is -0.0860. The minimum atomic E-state index is -1.39. The summed E-state index contributed by atoms with van der Waals surface area (Å²) in [6.07, 6.45) is 3.75. The lowest BCUT2D eigenvalue weighted by Crippen LogP contribution is -2.46. The molecule has 42 heavy (non-hydrogen) atoms. The Morgan fingerprint density at radius 3 is 1.24 bits per heavy atom. The van der Waals surface area contributed by atoms with E-state index in [1.807, 2.05) is 97.1 Å². The molecule has 0 spiro atoms. The summed E-state index contributed by atoms with van der Waals surface area (Å²) in [5, 5.41) is 23.8. The Balaban J connectivity index is 1.09. The second-order valence-corrected chi connectivity index (χ2v) is 11.4. The number of fused-ring (bicyclic) bond motifs is 2. The summed E-state index contributed by atoms with van der Waals surface area (Å²) >= 11 is 0. The third-order valence-electron chi connectivity index (χ3n) is 8.66. The van der Waals surface area contributed by atoms with Crippen LogP contribution >= 0.6 is 0 Å². The average molecular weight is 561 g/mol. The molecule has 0 bridgehead atoms. The van der Waals surface area contributed by atoms with Crippen molar-refractivity contribution in [1.29, 1.82) is 0 Å². The highest BCUT2D eigenvalue weighted by atomic mass is 16.3. The minimum Gasteiger partial charge on any atom is -0.366 e. The third-order valence-corrected chi connectivity index (χ3v) is 8.66. The van der Waals surface area contributed by atoms with Gasteiger partial charge in [-0.3, -0.25) is 9.59 Å². The maximum absolute atomic E-state index is 13.4. The number of carbonyl (C=O) groups is 2. The van der Waals surface area contributed by atoms with E-state index < -0.39 is 11.4 Å². The van der Waals surface area contributed by atoms with Crippen LogP contribution in [0.3, 0.4) is 0 Å². The van der Waals surface area contributed by atoms with Gasteiger partial charge in [-0.2, -0.15) is 0 Å². The fourth-order valence-electron chi connectivity index (χ4n) is 6.56. The first-order chi connectivity index (χ1) is 20.4. The van der Waals surface area contributed by atoms with Crippen LogP contribution < -0.4 is 0 Å². The van der Waals surface area contributed by atoms with Gasteiger partial charge in [0.15, 0.2) is 11.4 Å². The summed E-state index contributed by atoms with van der Waals surface area (Å²) in [7, 11) is 0. The van der Waals surface area contributed by atoms with Crippen LogP contribution in [0.2, 0.25) is 0 Å². The van der Waals surface area contributed by atoms with E-state index in [-0.39, 0.29) is 11.8 Å².